The first-order chi connectivity index (χ1) is 16.4. The number of anilines is 1. The summed E-state index contributed by atoms with van der Waals surface area (Å²) in [6.07, 6.45) is -4.59. The van der Waals surface area contributed by atoms with Crippen molar-refractivity contribution in [1.29, 1.82) is 0 Å². The zero-order chi connectivity index (χ0) is 25.9. The summed E-state index contributed by atoms with van der Waals surface area (Å²) in [5, 5.41) is 7.48. The SMILES string of the molecule is COc1cc([C@H]2NC(=O)NC(C)=C2C(=O)Nc2cccc(C(F)(F)F)c2)cc(Cl)c1OCC(N)=O. The van der Waals surface area contributed by atoms with E-state index in [4.69, 9.17) is 26.8 Å². The molecule has 186 valence electrons. The number of alkyl halides is 3. The molecule has 1 heterocycles. The van der Waals surface area contributed by atoms with Gasteiger partial charge < -0.3 is 31.2 Å². The number of carbonyl (C=O) groups excluding carboxylic acids is 3. The highest BCUT2D eigenvalue weighted by Gasteiger charge is 2.34. The predicted molar refractivity (Wildman–Crippen MR) is 120 cm³/mol. The number of methoxy groups -OCH3 is 1. The summed E-state index contributed by atoms with van der Waals surface area (Å²) < 4.78 is 49.7. The van der Waals surface area contributed by atoms with Gasteiger partial charge in [-0.25, -0.2) is 4.79 Å². The van der Waals surface area contributed by atoms with Gasteiger partial charge in [0.25, 0.3) is 11.8 Å². The van der Waals surface area contributed by atoms with Crippen molar-refractivity contribution in [2.24, 2.45) is 5.73 Å². The zero-order valence-electron chi connectivity index (χ0n) is 18.4. The average Bonchev–Trinajstić information content (AvgIpc) is 2.76. The van der Waals surface area contributed by atoms with E-state index in [0.717, 1.165) is 18.2 Å². The molecular formula is C22H20ClF3N4O5. The number of rotatable bonds is 7. The van der Waals surface area contributed by atoms with Gasteiger partial charge in [-0.3, -0.25) is 9.59 Å². The van der Waals surface area contributed by atoms with Gasteiger partial charge in [0, 0.05) is 11.4 Å². The Labute approximate surface area is 202 Å². The van der Waals surface area contributed by atoms with E-state index in [1.807, 2.05) is 0 Å². The normalized spacial score (nSPS) is 15.7. The standard InChI is InChI=1S/C22H20ClF3N4O5/c1-10-17(20(32)29-13-5-3-4-12(8-13)22(24,25)26)18(30-21(33)28-10)11-6-14(23)19(15(7-11)34-2)35-9-16(27)31/h3-8,18H,9H2,1-2H3,(H2,27,31)(H,29,32)(H2,28,30,33)/t18-/m1/s1. The summed E-state index contributed by atoms with van der Waals surface area (Å²) in [6, 6.07) is 5.29. The van der Waals surface area contributed by atoms with Crippen LogP contribution in [0, 0.1) is 0 Å². The lowest BCUT2D eigenvalue weighted by atomic mass is 9.94. The Morgan fingerprint density at radius 2 is 1.94 bits per heavy atom. The largest absolute Gasteiger partial charge is 0.493 e. The smallest absolute Gasteiger partial charge is 0.416 e. The van der Waals surface area contributed by atoms with Gasteiger partial charge in [0.15, 0.2) is 18.1 Å². The lowest BCUT2D eigenvalue weighted by molar-refractivity contribution is -0.137. The maximum Gasteiger partial charge on any atom is 0.416 e. The van der Waals surface area contributed by atoms with E-state index in [1.54, 1.807) is 0 Å². The Hall–Kier alpha value is -3.93. The molecule has 0 aliphatic carbocycles. The first-order valence-electron chi connectivity index (χ1n) is 9.96. The van der Waals surface area contributed by atoms with Gasteiger partial charge >= 0.3 is 12.2 Å². The van der Waals surface area contributed by atoms with Crippen LogP contribution in [0.1, 0.15) is 24.1 Å². The van der Waals surface area contributed by atoms with Crippen LogP contribution < -0.4 is 31.2 Å². The molecule has 2 aromatic rings. The van der Waals surface area contributed by atoms with Crippen molar-refractivity contribution in [2.45, 2.75) is 19.1 Å². The molecule has 5 N–H and O–H groups in total. The Bertz CT molecular complexity index is 1220. The molecule has 0 saturated carbocycles. The van der Waals surface area contributed by atoms with Gasteiger partial charge in [0.1, 0.15) is 0 Å². The minimum atomic E-state index is -4.59. The number of urea groups is 1. The third-order valence-electron chi connectivity index (χ3n) is 4.91. The number of nitrogens with two attached hydrogens (primary N) is 1. The van der Waals surface area contributed by atoms with Crippen LogP contribution in [0.3, 0.4) is 0 Å². The molecule has 0 aromatic heterocycles. The molecule has 4 amide bonds. The molecule has 13 heteroatoms. The van der Waals surface area contributed by atoms with Gasteiger partial charge in [-0.2, -0.15) is 13.2 Å². The molecule has 0 saturated heterocycles. The average molecular weight is 513 g/mol. The van der Waals surface area contributed by atoms with Crippen LogP contribution in [-0.4, -0.2) is 31.6 Å². The van der Waals surface area contributed by atoms with Crippen molar-refractivity contribution in [3.63, 3.8) is 0 Å². The number of allylic oxidation sites excluding steroid dienone is 1. The first kappa shape index (κ1) is 25.7. The van der Waals surface area contributed by atoms with E-state index in [0.29, 0.717) is 5.56 Å². The number of nitrogens with one attached hydrogen (secondary N) is 3. The van der Waals surface area contributed by atoms with E-state index in [9.17, 15) is 27.6 Å². The van der Waals surface area contributed by atoms with Crippen LogP contribution in [-0.2, 0) is 15.8 Å². The fourth-order valence-corrected chi connectivity index (χ4v) is 3.68. The van der Waals surface area contributed by atoms with Crippen LogP contribution in [0.5, 0.6) is 11.5 Å². The quantitative estimate of drug-likeness (QED) is 0.451. The first-order valence-corrected chi connectivity index (χ1v) is 10.3. The highest BCUT2D eigenvalue weighted by atomic mass is 35.5. The second-order valence-electron chi connectivity index (χ2n) is 7.39. The van der Waals surface area contributed by atoms with Crippen LogP contribution in [0.15, 0.2) is 47.7 Å². The van der Waals surface area contributed by atoms with Crippen LogP contribution in [0.4, 0.5) is 23.7 Å². The maximum atomic E-state index is 13.1. The maximum absolute atomic E-state index is 13.1. The summed E-state index contributed by atoms with van der Waals surface area (Å²) in [7, 11) is 1.32. The molecule has 0 fully saturated rings. The van der Waals surface area contributed by atoms with Crippen molar-refractivity contribution in [2.75, 3.05) is 19.0 Å². The summed E-state index contributed by atoms with van der Waals surface area (Å²) >= 11 is 6.30. The summed E-state index contributed by atoms with van der Waals surface area (Å²) in [4.78, 5) is 36.4. The topological polar surface area (TPSA) is 132 Å². The number of halogens is 4. The van der Waals surface area contributed by atoms with Crippen molar-refractivity contribution in [3.05, 3.63) is 63.8 Å². The number of ether oxygens (including phenoxy) is 2. The summed E-state index contributed by atoms with van der Waals surface area (Å²) in [6.45, 7) is 0.999. The number of primary amides is 1. The van der Waals surface area contributed by atoms with Gasteiger partial charge in [0.2, 0.25) is 0 Å². The van der Waals surface area contributed by atoms with E-state index in [2.05, 4.69) is 16.0 Å². The highest BCUT2D eigenvalue weighted by molar-refractivity contribution is 6.32. The monoisotopic (exact) mass is 512 g/mol. The van der Waals surface area contributed by atoms with Crippen molar-refractivity contribution >= 4 is 35.1 Å². The number of carbonyl (C=O) groups is 3. The lowest BCUT2D eigenvalue weighted by Crippen LogP contribution is -2.46. The highest BCUT2D eigenvalue weighted by Crippen LogP contribution is 2.40. The van der Waals surface area contributed by atoms with Crippen LogP contribution in [0.25, 0.3) is 0 Å². The van der Waals surface area contributed by atoms with E-state index in [-0.39, 0.29) is 33.5 Å². The van der Waals surface area contributed by atoms with Gasteiger partial charge in [-0.15, -0.1) is 0 Å². The van der Waals surface area contributed by atoms with E-state index >= 15 is 0 Å². The molecule has 1 aliphatic rings. The molecule has 0 spiro atoms. The minimum absolute atomic E-state index is 0.00340. The Morgan fingerprint density at radius 1 is 1.23 bits per heavy atom. The van der Waals surface area contributed by atoms with Crippen molar-refractivity contribution < 1.29 is 37.0 Å². The Morgan fingerprint density at radius 3 is 2.57 bits per heavy atom. The summed E-state index contributed by atoms with van der Waals surface area (Å²) in [5.74, 6) is -1.39. The number of hydrogen-bond donors (Lipinski definition) is 4. The zero-order valence-corrected chi connectivity index (χ0v) is 19.1. The fourth-order valence-electron chi connectivity index (χ4n) is 3.41. The number of benzene rings is 2. The molecule has 0 radical (unpaired) electrons. The lowest BCUT2D eigenvalue weighted by Gasteiger charge is -2.29. The Kier molecular flexibility index (Phi) is 7.44. The van der Waals surface area contributed by atoms with Gasteiger partial charge in [0.05, 0.1) is 29.3 Å². The van der Waals surface area contributed by atoms with E-state index < -0.39 is 42.2 Å². The number of amides is 4. The third-order valence-corrected chi connectivity index (χ3v) is 5.19. The van der Waals surface area contributed by atoms with Crippen molar-refractivity contribution in [1.82, 2.24) is 10.6 Å². The Balaban J connectivity index is 1.98. The number of hydrogen-bond acceptors (Lipinski definition) is 5. The predicted octanol–water partition coefficient (Wildman–Crippen LogP) is 3.50. The molecule has 0 bridgehead atoms. The molecule has 2 aromatic carbocycles. The molecular weight excluding hydrogens is 493 g/mol. The van der Waals surface area contributed by atoms with Gasteiger partial charge in [-0.05, 0) is 42.8 Å². The van der Waals surface area contributed by atoms with Crippen LogP contribution in [0.2, 0.25) is 5.02 Å². The fraction of sp³-hybridized carbons (Fsp3) is 0.227. The summed E-state index contributed by atoms with van der Waals surface area (Å²) in [5.41, 5.74) is 4.57. The van der Waals surface area contributed by atoms with E-state index in [1.165, 1.54) is 32.2 Å². The molecule has 3 rings (SSSR count). The molecule has 1 atom stereocenters. The molecule has 9 nitrogen and oxygen atoms in total. The van der Waals surface area contributed by atoms with Crippen LogP contribution >= 0.6 is 11.6 Å². The molecule has 35 heavy (non-hydrogen) atoms. The third kappa shape index (κ3) is 5.96. The van der Waals surface area contributed by atoms with Crippen molar-refractivity contribution in [3.8, 4) is 11.5 Å². The second kappa shape index (κ2) is 10.1. The second-order valence-corrected chi connectivity index (χ2v) is 7.80. The minimum Gasteiger partial charge on any atom is -0.493 e. The van der Waals surface area contributed by atoms with Gasteiger partial charge in [-0.1, -0.05) is 17.7 Å². The molecule has 0 unspecified atom stereocenters. The molecule has 1 aliphatic heterocycles.